The molecule has 1 aromatic heterocycles. The van der Waals surface area contributed by atoms with E-state index in [1.165, 1.54) is 0 Å². The zero-order valence-electron chi connectivity index (χ0n) is 16.5. The molecule has 0 bridgehead atoms. The molecule has 2 saturated carbocycles. The van der Waals surface area contributed by atoms with Gasteiger partial charge in [0, 0.05) is 30.7 Å². The summed E-state index contributed by atoms with van der Waals surface area (Å²) >= 11 is 0. The Morgan fingerprint density at radius 2 is 1.89 bits per heavy atom. The first kappa shape index (κ1) is 18.9. The van der Waals surface area contributed by atoms with Gasteiger partial charge in [-0.25, -0.2) is 9.48 Å². The van der Waals surface area contributed by atoms with Crippen LogP contribution in [0.25, 0.3) is 0 Å². The van der Waals surface area contributed by atoms with E-state index in [0.29, 0.717) is 11.7 Å². The fraction of sp³-hybridized carbons (Fsp3) is 0.737. The molecule has 4 amide bonds. The van der Waals surface area contributed by atoms with Gasteiger partial charge in [0.05, 0.1) is 5.69 Å². The third-order valence-electron chi connectivity index (χ3n) is 5.85. The van der Waals surface area contributed by atoms with E-state index in [9.17, 15) is 14.4 Å². The monoisotopic (exact) mass is 388 g/mol. The number of aromatic nitrogens is 3. The molecular weight excluding hydrogens is 360 g/mol. The minimum Gasteiger partial charge on any atom is -0.335 e. The van der Waals surface area contributed by atoms with Crippen molar-refractivity contribution in [2.45, 2.75) is 83.0 Å². The highest BCUT2D eigenvalue weighted by atomic mass is 16.2. The highest BCUT2D eigenvalue weighted by molar-refractivity contribution is 6.06. The molecule has 28 heavy (non-hydrogen) atoms. The van der Waals surface area contributed by atoms with E-state index >= 15 is 0 Å². The minimum atomic E-state index is -0.696. The first-order chi connectivity index (χ1) is 13.4. The molecule has 3 aliphatic rings. The lowest BCUT2D eigenvalue weighted by Gasteiger charge is -2.30. The predicted molar refractivity (Wildman–Crippen MR) is 100 cm³/mol. The van der Waals surface area contributed by atoms with E-state index in [-0.39, 0.29) is 36.9 Å². The van der Waals surface area contributed by atoms with E-state index < -0.39 is 12.1 Å². The lowest BCUT2D eigenvalue weighted by Crippen LogP contribution is -2.47. The average molecular weight is 388 g/mol. The standard InChI is InChI=1S/C19H28N6O3/c1-12(2)24-10-13(21-22-24)9-16-18(27)23(19(28)20-16)11-17(26)25(15-7-8-15)14-5-3-4-6-14/h10,12,14-16H,3-9,11H2,1-2H3,(H,20,28)/t16-/m1/s1. The first-order valence-electron chi connectivity index (χ1n) is 10.3. The van der Waals surface area contributed by atoms with Crippen molar-refractivity contribution in [2.75, 3.05) is 6.54 Å². The molecule has 0 unspecified atom stereocenters. The Hall–Kier alpha value is -2.45. The van der Waals surface area contributed by atoms with Gasteiger partial charge in [-0.2, -0.15) is 0 Å². The molecule has 1 aliphatic heterocycles. The van der Waals surface area contributed by atoms with Crippen LogP contribution in [0.3, 0.4) is 0 Å². The van der Waals surface area contributed by atoms with Gasteiger partial charge in [0.25, 0.3) is 5.91 Å². The summed E-state index contributed by atoms with van der Waals surface area (Å²) in [6, 6.07) is -0.464. The maximum atomic E-state index is 12.9. The SMILES string of the molecule is CC(C)n1cc(C[C@H]2NC(=O)N(CC(=O)N(C3CCCC3)C3CC3)C2=O)nn1. The van der Waals surface area contributed by atoms with Crippen LogP contribution in [0.2, 0.25) is 0 Å². The van der Waals surface area contributed by atoms with Crippen LogP contribution in [0.15, 0.2) is 6.20 Å². The third-order valence-corrected chi connectivity index (χ3v) is 5.85. The van der Waals surface area contributed by atoms with E-state index in [2.05, 4.69) is 15.6 Å². The number of nitrogens with one attached hydrogen (secondary N) is 1. The lowest BCUT2D eigenvalue weighted by molar-refractivity contribution is -0.139. The zero-order valence-corrected chi connectivity index (χ0v) is 16.5. The van der Waals surface area contributed by atoms with Gasteiger partial charge in [0.15, 0.2) is 0 Å². The molecule has 0 aromatic carbocycles. The number of urea groups is 1. The number of hydrogen-bond acceptors (Lipinski definition) is 5. The molecule has 152 valence electrons. The number of rotatable bonds is 7. The molecule has 0 radical (unpaired) electrons. The number of nitrogens with zero attached hydrogens (tertiary/aromatic N) is 5. The predicted octanol–water partition coefficient (Wildman–Crippen LogP) is 1.26. The Kier molecular flexibility index (Phi) is 5.07. The van der Waals surface area contributed by atoms with E-state index in [4.69, 9.17) is 0 Å². The Balaban J connectivity index is 1.39. The molecule has 9 nitrogen and oxygen atoms in total. The van der Waals surface area contributed by atoms with Crippen LogP contribution in [0.1, 0.15) is 64.1 Å². The summed E-state index contributed by atoms with van der Waals surface area (Å²) in [5.41, 5.74) is 0.645. The first-order valence-corrected chi connectivity index (χ1v) is 10.3. The van der Waals surface area contributed by atoms with Crippen LogP contribution >= 0.6 is 0 Å². The van der Waals surface area contributed by atoms with Crippen molar-refractivity contribution >= 4 is 17.8 Å². The summed E-state index contributed by atoms with van der Waals surface area (Å²) in [7, 11) is 0. The molecule has 1 saturated heterocycles. The van der Waals surface area contributed by atoms with Gasteiger partial charge >= 0.3 is 6.03 Å². The lowest BCUT2D eigenvalue weighted by atomic mass is 10.1. The molecule has 2 aliphatic carbocycles. The molecule has 1 N–H and O–H groups in total. The van der Waals surface area contributed by atoms with Crippen molar-refractivity contribution < 1.29 is 14.4 Å². The van der Waals surface area contributed by atoms with Crippen LogP contribution in [-0.4, -0.2) is 67.3 Å². The number of imide groups is 1. The fourth-order valence-corrected chi connectivity index (χ4v) is 4.19. The normalized spacial score (nSPS) is 23.0. The van der Waals surface area contributed by atoms with Crippen molar-refractivity contribution in [2.24, 2.45) is 0 Å². The summed E-state index contributed by atoms with van der Waals surface area (Å²) in [4.78, 5) is 41.0. The quantitative estimate of drug-likeness (QED) is 0.709. The highest BCUT2D eigenvalue weighted by Gasteiger charge is 2.43. The summed E-state index contributed by atoms with van der Waals surface area (Å²) in [5, 5.41) is 10.8. The Bertz CT molecular complexity index is 765. The maximum Gasteiger partial charge on any atom is 0.325 e. The van der Waals surface area contributed by atoms with Crippen molar-refractivity contribution in [1.29, 1.82) is 0 Å². The van der Waals surface area contributed by atoms with Crippen molar-refractivity contribution in [3.8, 4) is 0 Å². The second kappa shape index (κ2) is 7.52. The van der Waals surface area contributed by atoms with E-state index in [0.717, 1.165) is 43.4 Å². The molecular formula is C19H28N6O3. The highest BCUT2D eigenvalue weighted by Crippen LogP contribution is 2.34. The molecule has 3 fully saturated rings. The van der Waals surface area contributed by atoms with Gasteiger partial charge in [-0.15, -0.1) is 5.10 Å². The summed E-state index contributed by atoms with van der Waals surface area (Å²) < 4.78 is 1.72. The Morgan fingerprint density at radius 3 is 2.50 bits per heavy atom. The smallest absolute Gasteiger partial charge is 0.325 e. The van der Waals surface area contributed by atoms with Crippen LogP contribution in [0.4, 0.5) is 4.79 Å². The van der Waals surface area contributed by atoms with Gasteiger partial charge in [0.2, 0.25) is 5.91 Å². The number of amides is 4. The minimum absolute atomic E-state index is 0.107. The number of carbonyl (C=O) groups excluding carboxylic acids is 3. The van der Waals surface area contributed by atoms with Gasteiger partial charge in [-0.3, -0.25) is 14.5 Å². The zero-order chi connectivity index (χ0) is 19.8. The molecule has 1 aromatic rings. The molecule has 2 heterocycles. The van der Waals surface area contributed by atoms with Crippen molar-refractivity contribution in [3.05, 3.63) is 11.9 Å². The van der Waals surface area contributed by atoms with Gasteiger partial charge in [0.1, 0.15) is 12.6 Å². The van der Waals surface area contributed by atoms with Crippen LogP contribution in [0.5, 0.6) is 0 Å². The van der Waals surface area contributed by atoms with Crippen LogP contribution in [-0.2, 0) is 16.0 Å². The molecule has 9 heteroatoms. The second-order valence-corrected chi connectivity index (χ2v) is 8.38. The fourth-order valence-electron chi connectivity index (χ4n) is 4.19. The summed E-state index contributed by atoms with van der Waals surface area (Å²) in [6.45, 7) is 3.81. The van der Waals surface area contributed by atoms with Crippen LogP contribution < -0.4 is 5.32 Å². The molecule has 4 rings (SSSR count). The number of hydrogen-bond donors (Lipinski definition) is 1. The largest absolute Gasteiger partial charge is 0.335 e. The van der Waals surface area contributed by atoms with Gasteiger partial charge in [-0.05, 0) is 39.5 Å². The average Bonchev–Trinajstić information content (AvgIpc) is 3.05. The third kappa shape index (κ3) is 3.74. The van der Waals surface area contributed by atoms with Gasteiger partial charge in [-0.1, -0.05) is 18.1 Å². The maximum absolute atomic E-state index is 12.9. The van der Waals surface area contributed by atoms with E-state index in [1.807, 2.05) is 18.7 Å². The van der Waals surface area contributed by atoms with E-state index in [1.54, 1.807) is 10.9 Å². The topological polar surface area (TPSA) is 100 Å². The number of carbonyl (C=O) groups is 3. The summed E-state index contributed by atoms with van der Waals surface area (Å²) in [6.07, 6.45) is 8.44. The summed E-state index contributed by atoms with van der Waals surface area (Å²) in [5.74, 6) is -0.469. The Morgan fingerprint density at radius 1 is 1.21 bits per heavy atom. The van der Waals surface area contributed by atoms with Crippen LogP contribution in [0, 0.1) is 0 Å². The Labute approximate surface area is 164 Å². The molecule has 1 atom stereocenters. The second-order valence-electron chi connectivity index (χ2n) is 8.38. The molecule has 0 spiro atoms. The van der Waals surface area contributed by atoms with Crippen molar-refractivity contribution in [3.63, 3.8) is 0 Å². The van der Waals surface area contributed by atoms with Crippen molar-refractivity contribution in [1.82, 2.24) is 30.1 Å². The van der Waals surface area contributed by atoms with Gasteiger partial charge < -0.3 is 10.2 Å².